The van der Waals surface area contributed by atoms with Crippen LogP contribution in [0.5, 0.6) is 0 Å². The zero-order valence-electron chi connectivity index (χ0n) is 16.3. The summed E-state index contributed by atoms with van der Waals surface area (Å²) in [5.41, 5.74) is -1.21. The number of nitrogens with one attached hydrogen (secondary N) is 1. The molecule has 0 fully saturated rings. The highest BCUT2D eigenvalue weighted by Crippen LogP contribution is 2.15. The van der Waals surface area contributed by atoms with E-state index in [0.29, 0.717) is 19.4 Å². The number of benzene rings is 1. The summed E-state index contributed by atoms with van der Waals surface area (Å²) in [6.45, 7) is 4.12. The summed E-state index contributed by atoms with van der Waals surface area (Å²) >= 11 is 0. The van der Waals surface area contributed by atoms with Gasteiger partial charge in [-0.25, -0.2) is 4.79 Å². The fourth-order valence-corrected chi connectivity index (χ4v) is 2.34. The highest BCUT2D eigenvalue weighted by molar-refractivity contribution is 6.58. The number of nitro benzene ring substituents is 1. The Kier molecular flexibility index (Phi) is 9.68. The molecule has 0 unspecified atom stereocenters. The number of carbonyl (C=O) groups is 2. The predicted octanol–water partition coefficient (Wildman–Crippen LogP) is -0.319. The lowest BCUT2D eigenvalue weighted by Gasteiger charge is -2.25. The van der Waals surface area contributed by atoms with Crippen LogP contribution in [-0.4, -0.2) is 71.0 Å². The van der Waals surface area contributed by atoms with Gasteiger partial charge in [-0.3, -0.25) is 14.9 Å². The lowest BCUT2D eigenvalue weighted by molar-refractivity contribution is -0.384. The second-order valence-electron chi connectivity index (χ2n) is 6.86. The molecule has 1 aromatic rings. The van der Waals surface area contributed by atoms with Gasteiger partial charge >= 0.3 is 13.1 Å². The van der Waals surface area contributed by atoms with E-state index in [1.807, 2.05) is 13.8 Å². The molecule has 0 saturated heterocycles. The molecule has 0 aliphatic rings. The number of hydrogen-bond donors (Lipinski definition) is 4. The van der Waals surface area contributed by atoms with Crippen LogP contribution in [-0.2, 0) is 14.3 Å². The number of rotatable bonds is 13. The Balaban J connectivity index is 2.49. The van der Waals surface area contributed by atoms with Gasteiger partial charge in [-0.2, -0.15) is 0 Å². The Labute approximate surface area is 167 Å². The largest absolute Gasteiger partial charge is 0.488 e. The first kappa shape index (κ1) is 24.5. The molecule has 0 bridgehead atoms. The topological polar surface area (TPSA) is 168 Å². The highest BCUT2D eigenvalue weighted by atomic mass is 16.6. The average Bonchev–Trinajstić information content (AvgIpc) is 2.63. The predicted molar refractivity (Wildman–Crippen MR) is 103 cm³/mol. The quantitative estimate of drug-likeness (QED) is 0.147. The van der Waals surface area contributed by atoms with E-state index in [0.717, 1.165) is 12.1 Å². The van der Waals surface area contributed by atoms with Gasteiger partial charge in [-0.15, -0.1) is 0 Å². The first-order valence-corrected chi connectivity index (χ1v) is 8.89. The van der Waals surface area contributed by atoms with E-state index in [4.69, 9.17) is 14.6 Å². The Morgan fingerprint density at radius 2 is 1.93 bits per heavy atom. The third kappa shape index (κ3) is 9.48. The molecule has 0 spiro atoms. The third-order valence-electron chi connectivity index (χ3n) is 3.88. The minimum atomic E-state index is -1.94. The van der Waals surface area contributed by atoms with Crippen molar-refractivity contribution in [2.24, 2.45) is 0 Å². The van der Waals surface area contributed by atoms with E-state index < -0.39 is 35.2 Å². The fourth-order valence-electron chi connectivity index (χ4n) is 2.34. The van der Waals surface area contributed by atoms with Crippen LogP contribution in [0.4, 0.5) is 5.69 Å². The molecule has 11 nitrogen and oxygen atoms in total. The molecule has 12 heteroatoms. The number of nitro groups is 1. The van der Waals surface area contributed by atoms with Crippen molar-refractivity contribution in [1.82, 2.24) is 5.32 Å². The van der Waals surface area contributed by atoms with Gasteiger partial charge in [0.05, 0.1) is 10.5 Å². The Bertz CT molecular complexity index is 725. The SMILES string of the molecule is CC(C)(CCNC(=O)c1cc(B(O)O)cc([N+](=O)[O-])c1)OCCCOCC(=O)O. The van der Waals surface area contributed by atoms with Crippen LogP contribution >= 0.6 is 0 Å². The number of ether oxygens (including phenoxy) is 2. The number of carboxylic acid groups (broad SMARTS) is 1. The molecule has 0 aliphatic carbocycles. The van der Waals surface area contributed by atoms with Gasteiger partial charge in [0.2, 0.25) is 0 Å². The van der Waals surface area contributed by atoms with Gasteiger partial charge in [0.1, 0.15) is 6.61 Å². The number of hydrogen-bond acceptors (Lipinski definition) is 8. The summed E-state index contributed by atoms with van der Waals surface area (Å²) in [6.07, 6.45) is 0.960. The van der Waals surface area contributed by atoms with Crippen molar-refractivity contribution < 1.29 is 39.1 Å². The van der Waals surface area contributed by atoms with Crippen LogP contribution in [0, 0.1) is 10.1 Å². The summed E-state index contributed by atoms with van der Waals surface area (Å²) in [6, 6.07) is 3.21. The standard InChI is InChI=1S/C17H25BN2O9/c1-17(2,29-7-3-6-28-11-15(21)22)4-5-19-16(23)12-8-13(18(24)25)10-14(9-12)20(26)27/h8-10,24-25H,3-7,11H2,1-2H3,(H,19,23)(H,21,22). The average molecular weight is 412 g/mol. The molecule has 0 heterocycles. The van der Waals surface area contributed by atoms with Gasteiger partial charge < -0.3 is 29.9 Å². The Hall–Kier alpha value is -2.54. The van der Waals surface area contributed by atoms with E-state index in [1.165, 1.54) is 6.07 Å². The lowest BCUT2D eigenvalue weighted by Crippen LogP contribution is -2.35. The molecule has 0 radical (unpaired) electrons. The molecule has 0 aromatic heterocycles. The maximum absolute atomic E-state index is 12.3. The Morgan fingerprint density at radius 1 is 1.24 bits per heavy atom. The molecule has 0 aliphatic heterocycles. The molecule has 160 valence electrons. The number of amides is 1. The lowest BCUT2D eigenvalue weighted by atomic mass is 9.79. The monoisotopic (exact) mass is 412 g/mol. The van der Waals surface area contributed by atoms with Crippen molar-refractivity contribution in [3.63, 3.8) is 0 Å². The van der Waals surface area contributed by atoms with Gasteiger partial charge in [-0.1, -0.05) is 0 Å². The van der Waals surface area contributed by atoms with Gasteiger partial charge in [0, 0.05) is 37.5 Å². The summed E-state index contributed by atoms with van der Waals surface area (Å²) in [5, 5.41) is 40.5. The second kappa shape index (κ2) is 11.5. The van der Waals surface area contributed by atoms with Gasteiger partial charge in [-0.05, 0) is 38.2 Å². The zero-order chi connectivity index (χ0) is 22.0. The minimum Gasteiger partial charge on any atom is -0.480 e. The van der Waals surface area contributed by atoms with Crippen molar-refractivity contribution in [3.05, 3.63) is 33.9 Å². The van der Waals surface area contributed by atoms with Crippen LogP contribution in [0.15, 0.2) is 18.2 Å². The summed E-state index contributed by atoms with van der Waals surface area (Å²) < 4.78 is 10.6. The molecule has 4 N–H and O–H groups in total. The molecule has 29 heavy (non-hydrogen) atoms. The van der Waals surface area contributed by atoms with E-state index in [-0.39, 0.29) is 30.8 Å². The molecule has 1 rings (SSSR count). The third-order valence-corrected chi connectivity index (χ3v) is 3.88. The second-order valence-corrected chi connectivity index (χ2v) is 6.86. The van der Waals surface area contributed by atoms with Crippen molar-refractivity contribution in [1.29, 1.82) is 0 Å². The molecular weight excluding hydrogens is 387 g/mol. The van der Waals surface area contributed by atoms with Crippen molar-refractivity contribution in [3.8, 4) is 0 Å². The summed E-state index contributed by atoms with van der Waals surface area (Å²) in [5.74, 6) is -1.63. The molecule has 0 atom stereocenters. The van der Waals surface area contributed by atoms with Crippen molar-refractivity contribution >= 4 is 30.1 Å². The number of nitrogens with zero attached hydrogens (tertiary/aromatic N) is 1. The van der Waals surface area contributed by atoms with Gasteiger partial charge in [0.25, 0.3) is 11.6 Å². The molecular formula is C17H25BN2O9. The first-order valence-electron chi connectivity index (χ1n) is 8.89. The molecule has 1 aromatic carbocycles. The highest BCUT2D eigenvalue weighted by Gasteiger charge is 2.22. The maximum Gasteiger partial charge on any atom is 0.488 e. The van der Waals surface area contributed by atoms with Crippen LogP contribution in [0.2, 0.25) is 0 Å². The first-order chi connectivity index (χ1) is 13.5. The van der Waals surface area contributed by atoms with Crippen LogP contribution in [0.25, 0.3) is 0 Å². The maximum atomic E-state index is 12.3. The number of carboxylic acids is 1. The number of non-ortho nitro benzene ring substituents is 1. The van der Waals surface area contributed by atoms with E-state index >= 15 is 0 Å². The van der Waals surface area contributed by atoms with E-state index in [2.05, 4.69) is 5.32 Å². The Morgan fingerprint density at radius 3 is 2.52 bits per heavy atom. The normalized spacial score (nSPS) is 11.2. The van der Waals surface area contributed by atoms with E-state index in [1.54, 1.807) is 0 Å². The summed E-state index contributed by atoms with van der Waals surface area (Å²) in [7, 11) is -1.94. The number of carbonyl (C=O) groups excluding carboxylic acids is 1. The molecule has 0 saturated carbocycles. The zero-order valence-corrected chi connectivity index (χ0v) is 16.3. The minimum absolute atomic E-state index is 0.0587. The van der Waals surface area contributed by atoms with E-state index in [9.17, 15) is 29.8 Å². The van der Waals surface area contributed by atoms with Gasteiger partial charge in [0.15, 0.2) is 0 Å². The smallest absolute Gasteiger partial charge is 0.480 e. The number of aliphatic carboxylic acids is 1. The van der Waals surface area contributed by atoms with Crippen molar-refractivity contribution in [2.45, 2.75) is 32.3 Å². The summed E-state index contributed by atoms with van der Waals surface area (Å²) in [4.78, 5) is 32.8. The van der Waals surface area contributed by atoms with Crippen LogP contribution < -0.4 is 10.8 Å². The van der Waals surface area contributed by atoms with Crippen LogP contribution in [0.3, 0.4) is 0 Å². The van der Waals surface area contributed by atoms with Crippen LogP contribution in [0.1, 0.15) is 37.0 Å². The van der Waals surface area contributed by atoms with Crippen molar-refractivity contribution in [2.75, 3.05) is 26.4 Å². The fraction of sp³-hybridized carbons (Fsp3) is 0.529. The molecule has 1 amide bonds.